The number of nitrogens with zero attached hydrogens (tertiary/aromatic N) is 1. The Morgan fingerprint density at radius 3 is 2.71 bits per heavy atom. The minimum absolute atomic E-state index is 0.00881. The maximum Gasteiger partial charge on any atom is 0.387 e. The molecule has 0 saturated heterocycles. The lowest BCUT2D eigenvalue weighted by Crippen LogP contribution is -2.07. The van der Waals surface area contributed by atoms with E-state index in [0.29, 0.717) is 29.2 Å². The summed E-state index contributed by atoms with van der Waals surface area (Å²) in [5, 5.41) is 0. The molecular formula is C20H17F2NO5. The summed E-state index contributed by atoms with van der Waals surface area (Å²) in [6, 6.07) is 10.9. The highest BCUT2D eigenvalue weighted by molar-refractivity contribution is 6.13. The normalized spacial score (nSPS) is 14.8. The van der Waals surface area contributed by atoms with Crippen molar-refractivity contribution in [2.75, 3.05) is 13.7 Å². The Morgan fingerprint density at radius 1 is 1.18 bits per heavy atom. The summed E-state index contributed by atoms with van der Waals surface area (Å²) >= 11 is 0. The molecule has 6 nitrogen and oxygen atoms in total. The first-order valence-corrected chi connectivity index (χ1v) is 8.38. The monoisotopic (exact) mass is 389 g/mol. The van der Waals surface area contributed by atoms with E-state index < -0.39 is 12.6 Å². The summed E-state index contributed by atoms with van der Waals surface area (Å²) in [5.74, 6) is 0.406. The molecule has 0 spiro atoms. The third-order valence-corrected chi connectivity index (χ3v) is 3.72. The molecule has 0 saturated carbocycles. The Balaban J connectivity index is 1.89. The van der Waals surface area contributed by atoms with Crippen LogP contribution in [0, 0.1) is 0 Å². The van der Waals surface area contributed by atoms with Gasteiger partial charge in [-0.15, -0.1) is 0 Å². The predicted octanol–water partition coefficient (Wildman–Crippen LogP) is 4.04. The zero-order valence-corrected chi connectivity index (χ0v) is 15.1. The smallest absolute Gasteiger partial charge is 0.387 e. The molecule has 0 atom stereocenters. The van der Waals surface area contributed by atoms with Gasteiger partial charge in [-0.2, -0.15) is 8.78 Å². The summed E-state index contributed by atoms with van der Waals surface area (Å²) < 4.78 is 45.0. The number of alkyl halides is 2. The number of hydrogen-bond acceptors (Lipinski definition) is 6. The second-order valence-corrected chi connectivity index (χ2v) is 5.59. The lowest BCUT2D eigenvalue weighted by Gasteiger charge is -2.09. The molecule has 0 unspecified atom stereocenters. The topological polar surface area (TPSA) is 66.3 Å². The minimum atomic E-state index is -2.95. The van der Waals surface area contributed by atoms with Gasteiger partial charge < -0.3 is 18.9 Å². The average molecular weight is 389 g/mol. The van der Waals surface area contributed by atoms with E-state index in [-0.39, 0.29) is 17.3 Å². The summed E-state index contributed by atoms with van der Waals surface area (Å²) in [4.78, 5) is 16.3. The molecule has 2 aromatic carbocycles. The van der Waals surface area contributed by atoms with Crippen LogP contribution in [0.5, 0.6) is 17.2 Å². The van der Waals surface area contributed by atoms with Crippen molar-refractivity contribution >= 4 is 17.9 Å². The first kappa shape index (κ1) is 19.3. The first-order chi connectivity index (χ1) is 13.5. The molecule has 8 heteroatoms. The summed E-state index contributed by atoms with van der Waals surface area (Å²) in [5.41, 5.74) is 1.08. The average Bonchev–Trinajstić information content (AvgIpc) is 3.02. The van der Waals surface area contributed by atoms with E-state index >= 15 is 0 Å². The first-order valence-electron chi connectivity index (χ1n) is 8.38. The zero-order valence-electron chi connectivity index (χ0n) is 15.1. The van der Waals surface area contributed by atoms with E-state index in [0.717, 1.165) is 0 Å². The summed E-state index contributed by atoms with van der Waals surface area (Å²) in [6.45, 7) is -0.646. The number of benzene rings is 2. The number of carbonyl (C=O) groups excluding carboxylic acids is 1. The standard InChI is InChI=1S/C20H17F2NO5/c1-3-26-17-10-12(7-8-16(17)25-2)9-15-19(24)28-18(23-15)13-5-4-6-14(11-13)27-20(21)22/h4-11,20H,3H2,1-2H3. The number of rotatable bonds is 7. The third kappa shape index (κ3) is 4.46. The van der Waals surface area contributed by atoms with Gasteiger partial charge in [0.25, 0.3) is 0 Å². The van der Waals surface area contributed by atoms with E-state index in [9.17, 15) is 13.6 Å². The highest BCUT2D eigenvalue weighted by atomic mass is 19.3. The molecule has 1 heterocycles. The zero-order chi connectivity index (χ0) is 20.1. The van der Waals surface area contributed by atoms with E-state index in [2.05, 4.69) is 9.73 Å². The highest BCUT2D eigenvalue weighted by Crippen LogP contribution is 2.30. The van der Waals surface area contributed by atoms with E-state index in [4.69, 9.17) is 14.2 Å². The molecule has 3 rings (SSSR count). The molecule has 0 N–H and O–H groups in total. The molecule has 28 heavy (non-hydrogen) atoms. The van der Waals surface area contributed by atoms with Crippen LogP contribution in [0.15, 0.2) is 53.2 Å². The van der Waals surface area contributed by atoms with Crippen LogP contribution in [-0.4, -0.2) is 32.2 Å². The van der Waals surface area contributed by atoms with Crippen LogP contribution in [0.25, 0.3) is 6.08 Å². The Bertz CT molecular complexity index is 940. The van der Waals surface area contributed by atoms with Crippen molar-refractivity contribution < 1.29 is 32.5 Å². The number of methoxy groups -OCH3 is 1. The van der Waals surface area contributed by atoms with E-state index in [1.807, 2.05) is 6.92 Å². The van der Waals surface area contributed by atoms with Gasteiger partial charge in [-0.25, -0.2) is 9.79 Å². The number of esters is 1. The van der Waals surface area contributed by atoms with E-state index in [1.165, 1.54) is 31.4 Å². The number of ether oxygens (including phenoxy) is 4. The Labute approximate surface area is 160 Å². The summed E-state index contributed by atoms with van der Waals surface area (Å²) in [6.07, 6.45) is 1.54. The fourth-order valence-corrected chi connectivity index (χ4v) is 2.55. The van der Waals surface area contributed by atoms with Crippen molar-refractivity contribution in [2.45, 2.75) is 13.5 Å². The molecule has 146 valence electrons. The van der Waals surface area contributed by atoms with Crippen molar-refractivity contribution in [1.29, 1.82) is 0 Å². The van der Waals surface area contributed by atoms with Gasteiger partial charge in [-0.1, -0.05) is 12.1 Å². The quantitative estimate of drug-likeness (QED) is 0.528. The van der Waals surface area contributed by atoms with Gasteiger partial charge in [0.2, 0.25) is 5.90 Å². The van der Waals surface area contributed by atoms with Crippen LogP contribution < -0.4 is 14.2 Å². The number of hydrogen-bond donors (Lipinski definition) is 0. The number of cyclic esters (lactones) is 1. The maximum atomic E-state index is 12.4. The lowest BCUT2D eigenvalue weighted by atomic mass is 10.1. The Morgan fingerprint density at radius 2 is 2.00 bits per heavy atom. The SMILES string of the molecule is CCOc1cc(C=C2N=C(c3cccc(OC(F)F)c3)OC2=O)ccc1OC. The summed E-state index contributed by atoms with van der Waals surface area (Å²) in [7, 11) is 1.53. The van der Waals surface area contributed by atoms with Crippen LogP contribution in [0.2, 0.25) is 0 Å². The van der Waals surface area contributed by atoms with Crippen molar-refractivity contribution in [3.8, 4) is 17.2 Å². The van der Waals surface area contributed by atoms with Gasteiger partial charge in [0.05, 0.1) is 13.7 Å². The molecular weight excluding hydrogens is 372 g/mol. The predicted molar refractivity (Wildman–Crippen MR) is 97.8 cm³/mol. The largest absolute Gasteiger partial charge is 0.493 e. The molecule has 0 aliphatic carbocycles. The molecule has 0 aromatic heterocycles. The van der Waals surface area contributed by atoms with Crippen LogP contribution >= 0.6 is 0 Å². The van der Waals surface area contributed by atoms with Gasteiger partial charge in [-0.05, 0) is 48.9 Å². The van der Waals surface area contributed by atoms with Gasteiger partial charge >= 0.3 is 12.6 Å². The second-order valence-electron chi connectivity index (χ2n) is 5.59. The van der Waals surface area contributed by atoms with Gasteiger partial charge in [0, 0.05) is 5.56 Å². The van der Waals surface area contributed by atoms with E-state index in [1.54, 1.807) is 24.3 Å². The van der Waals surface area contributed by atoms with Gasteiger partial charge in [-0.3, -0.25) is 0 Å². The Hall–Kier alpha value is -3.42. The highest BCUT2D eigenvalue weighted by Gasteiger charge is 2.24. The maximum absolute atomic E-state index is 12.4. The molecule has 1 aliphatic heterocycles. The van der Waals surface area contributed by atoms with Gasteiger partial charge in [0.1, 0.15) is 5.75 Å². The van der Waals surface area contributed by atoms with Crippen molar-refractivity contribution in [2.24, 2.45) is 4.99 Å². The molecule has 2 aromatic rings. The molecule has 0 bridgehead atoms. The van der Waals surface area contributed by atoms with Crippen LogP contribution in [0.1, 0.15) is 18.1 Å². The molecule has 0 radical (unpaired) electrons. The van der Waals surface area contributed by atoms with Gasteiger partial charge in [0.15, 0.2) is 17.2 Å². The number of halogens is 2. The fraction of sp³-hybridized carbons (Fsp3) is 0.200. The van der Waals surface area contributed by atoms with Crippen LogP contribution in [-0.2, 0) is 9.53 Å². The van der Waals surface area contributed by atoms with Crippen LogP contribution in [0.4, 0.5) is 8.78 Å². The third-order valence-electron chi connectivity index (χ3n) is 3.72. The van der Waals surface area contributed by atoms with Crippen molar-refractivity contribution in [3.05, 3.63) is 59.3 Å². The molecule has 1 aliphatic rings. The van der Waals surface area contributed by atoms with Crippen LogP contribution in [0.3, 0.4) is 0 Å². The lowest BCUT2D eigenvalue weighted by molar-refractivity contribution is -0.129. The fourth-order valence-electron chi connectivity index (χ4n) is 2.55. The van der Waals surface area contributed by atoms with Crippen molar-refractivity contribution in [1.82, 2.24) is 0 Å². The minimum Gasteiger partial charge on any atom is -0.493 e. The van der Waals surface area contributed by atoms with Crippen molar-refractivity contribution in [3.63, 3.8) is 0 Å². The Kier molecular flexibility index (Phi) is 5.88. The molecule has 0 amide bonds. The molecule has 0 fully saturated rings. The number of carbonyl (C=O) groups is 1. The number of aliphatic imine (C=N–C) groups is 1. The second kappa shape index (κ2) is 8.51.